The number of hydrogen-bond acceptors (Lipinski definition) is 1. The van der Waals surface area contributed by atoms with Gasteiger partial charge in [0, 0.05) is 23.3 Å². The van der Waals surface area contributed by atoms with Crippen molar-refractivity contribution in [3.63, 3.8) is 0 Å². The summed E-state index contributed by atoms with van der Waals surface area (Å²) in [4.78, 5) is 5.04. The first kappa shape index (κ1) is 33.9. The van der Waals surface area contributed by atoms with Gasteiger partial charge in [-0.15, -0.1) is 0 Å². The molecule has 0 fully saturated rings. The smallest absolute Gasteiger partial charge is 0.145 e. The van der Waals surface area contributed by atoms with Crippen molar-refractivity contribution in [3.8, 4) is 78.0 Å². The van der Waals surface area contributed by atoms with Crippen LogP contribution in [0, 0.1) is 0 Å². The molecule has 0 saturated carbocycles. The van der Waals surface area contributed by atoms with E-state index in [0.717, 1.165) is 22.3 Å². The van der Waals surface area contributed by atoms with Crippen LogP contribution in [0.3, 0.4) is 0 Å². The molecule has 10 aromatic carbocycles. The Morgan fingerprint density at radius 1 is 0.311 bits per heavy atom. The van der Waals surface area contributed by atoms with E-state index in [9.17, 15) is 0 Å². The lowest BCUT2D eigenvalue weighted by atomic mass is 9.82. The Labute approximate surface area is 353 Å². The number of benzene rings is 10. The highest BCUT2D eigenvalue weighted by Gasteiger charge is 2.31. The predicted molar refractivity (Wildman–Crippen MR) is 257 cm³/mol. The number of hydrogen-bond donors (Lipinski definition) is 0. The van der Waals surface area contributed by atoms with Crippen molar-refractivity contribution in [2.75, 3.05) is 0 Å². The molecule has 0 amide bonds. The number of fused-ring (bicyclic) bond motifs is 8. The Balaban J connectivity index is 0.905. The van der Waals surface area contributed by atoms with Gasteiger partial charge in [-0.3, -0.25) is 0 Å². The van der Waals surface area contributed by atoms with Crippen molar-refractivity contribution in [1.82, 2.24) is 9.38 Å². The number of imidazole rings is 1. The number of aromatic nitrogens is 2. The van der Waals surface area contributed by atoms with Crippen LogP contribution in [0.25, 0.3) is 127 Å². The molecule has 0 bridgehead atoms. The summed E-state index contributed by atoms with van der Waals surface area (Å²) in [6, 6.07) is 75.7. The second-order valence-corrected chi connectivity index (χ2v) is 16.3. The zero-order valence-corrected chi connectivity index (χ0v) is 33.2. The Kier molecular flexibility index (Phi) is 7.34. The molecule has 0 saturated heterocycles. The number of rotatable bonds is 5. The lowest BCUT2D eigenvalue weighted by molar-refractivity contribution is 1.20. The van der Waals surface area contributed by atoms with Gasteiger partial charge < -0.3 is 4.40 Å². The van der Waals surface area contributed by atoms with Crippen LogP contribution in [0.15, 0.2) is 219 Å². The fraction of sp³-hybridized carbons (Fsp3) is 0. The molecule has 0 unspecified atom stereocenters. The largest absolute Gasteiger partial charge is 0.306 e. The molecule has 12 aromatic rings. The first-order valence-corrected chi connectivity index (χ1v) is 21.0. The third-order valence-electron chi connectivity index (χ3n) is 12.9. The van der Waals surface area contributed by atoms with Crippen LogP contribution in [-0.4, -0.2) is 9.38 Å². The van der Waals surface area contributed by atoms with Crippen molar-refractivity contribution in [2.24, 2.45) is 0 Å². The average molecular weight is 773 g/mol. The van der Waals surface area contributed by atoms with E-state index in [1.165, 1.54) is 104 Å². The summed E-state index contributed by atoms with van der Waals surface area (Å²) < 4.78 is 2.12. The van der Waals surface area contributed by atoms with Gasteiger partial charge in [0.05, 0.1) is 5.69 Å². The summed E-state index contributed by atoms with van der Waals surface area (Å²) in [6.07, 6.45) is 4.22. The summed E-state index contributed by atoms with van der Waals surface area (Å²) >= 11 is 0. The van der Waals surface area contributed by atoms with Crippen LogP contribution >= 0.6 is 0 Å². The van der Waals surface area contributed by atoms with Gasteiger partial charge in [-0.1, -0.05) is 188 Å². The fourth-order valence-corrected chi connectivity index (χ4v) is 10.1. The maximum Gasteiger partial charge on any atom is 0.145 e. The molecule has 0 atom stereocenters. The van der Waals surface area contributed by atoms with E-state index in [2.05, 4.69) is 223 Å². The van der Waals surface area contributed by atoms with Gasteiger partial charge in [-0.2, -0.15) is 0 Å². The van der Waals surface area contributed by atoms with Crippen molar-refractivity contribution in [2.45, 2.75) is 0 Å². The van der Waals surface area contributed by atoms with Gasteiger partial charge in [0.1, 0.15) is 5.65 Å². The van der Waals surface area contributed by atoms with Crippen LogP contribution < -0.4 is 0 Å². The van der Waals surface area contributed by atoms with Gasteiger partial charge in [0.15, 0.2) is 0 Å². The third-order valence-corrected chi connectivity index (χ3v) is 12.9. The normalized spacial score (nSPS) is 11.9. The van der Waals surface area contributed by atoms with E-state index in [1.807, 2.05) is 0 Å². The van der Waals surface area contributed by atoms with E-state index >= 15 is 0 Å². The quantitative estimate of drug-likeness (QED) is 0.170. The molecule has 0 aliphatic heterocycles. The van der Waals surface area contributed by atoms with E-state index in [4.69, 9.17) is 4.98 Å². The minimum atomic E-state index is 0.975. The molecule has 1 aliphatic rings. The topological polar surface area (TPSA) is 17.3 Å². The highest BCUT2D eigenvalue weighted by molar-refractivity contribution is 6.28. The molecule has 2 heterocycles. The molecular weight excluding hydrogens is 737 g/mol. The van der Waals surface area contributed by atoms with Gasteiger partial charge in [-0.05, 0) is 123 Å². The van der Waals surface area contributed by atoms with E-state index < -0.39 is 0 Å². The van der Waals surface area contributed by atoms with Crippen LogP contribution in [-0.2, 0) is 0 Å². The van der Waals surface area contributed by atoms with Crippen LogP contribution in [0.4, 0.5) is 0 Å². The van der Waals surface area contributed by atoms with Crippen LogP contribution in [0.2, 0.25) is 0 Å². The third kappa shape index (κ3) is 5.19. The Morgan fingerprint density at radius 2 is 0.852 bits per heavy atom. The van der Waals surface area contributed by atoms with Crippen LogP contribution in [0.5, 0.6) is 0 Å². The van der Waals surface area contributed by atoms with Crippen LogP contribution in [0.1, 0.15) is 0 Å². The minimum absolute atomic E-state index is 0.975. The van der Waals surface area contributed by atoms with Crippen molar-refractivity contribution in [3.05, 3.63) is 219 Å². The van der Waals surface area contributed by atoms with Crippen molar-refractivity contribution < 1.29 is 0 Å². The summed E-state index contributed by atoms with van der Waals surface area (Å²) in [7, 11) is 0. The fourth-order valence-electron chi connectivity index (χ4n) is 10.1. The highest BCUT2D eigenvalue weighted by Crippen LogP contribution is 2.58. The predicted octanol–water partition coefficient (Wildman–Crippen LogP) is 15.9. The molecule has 0 N–H and O–H groups in total. The first-order chi connectivity index (χ1) is 30.2. The average Bonchev–Trinajstić information content (AvgIpc) is 3.92. The summed E-state index contributed by atoms with van der Waals surface area (Å²) in [5.74, 6) is 0. The Bertz CT molecular complexity index is 3640. The van der Waals surface area contributed by atoms with Gasteiger partial charge >= 0.3 is 0 Å². The Morgan fingerprint density at radius 3 is 1.56 bits per heavy atom. The molecular formula is C59H36N2. The van der Waals surface area contributed by atoms with E-state index in [1.54, 1.807) is 0 Å². The second-order valence-electron chi connectivity index (χ2n) is 16.3. The maximum absolute atomic E-state index is 5.04. The van der Waals surface area contributed by atoms with Gasteiger partial charge in [0.25, 0.3) is 0 Å². The molecule has 2 heteroatoms. The summed E-state index contributed by atoms with van der Waals surface area (Å²) in [5.41, 5.74) is 18.3. The summed E-state index contributed by atoms with van der Waals surface area (Å²) in [6.45, 7) is 0. The zero-order valence-electron chi connectivity index (χ0n) is 33.2. The van der Waals surface area contributed by atoms with Gasteiger partial charge in [-0.25, -0.2) is 4.98 Å². The number of nitrogens with zero attached hydrogens (tertiary/aromatic N) is 2. The molecule has 1 aliphatic carbocycles. The zero-order chi connectivity index (χ0) is 40.0. The molecule has 13 rings (SSSR count). The molecule has 0 radical (unpaired) electrons. The molecule has 61 heavy (non-hydrogen) atoms. The lowest BCUT2D eigenvalue weighted by Gasteiger charge is -2.20. The molecule has 2 aromatic heterocycles. The highest BCUT2D eigenvalue weighted by atomic mass is 15.0. The van der Waals surface area contributed by atoms with E-state index in [-0.39, 0.29) is 0 Å². The second kappa shape index (κ2) is 13.2. The number of pyridine rings is 1. The van der Waals surface area contributed by atoms with Crippen molar-refractivity contribution in [1.29, 1.82) is 0 Å². The Hall–Kier alpha value is -8.07. The SMILES string of the molecule is c1ccc(-c2c3c(c(-c4ccccc4)c4ccccc24)-c2ccc(-c4ccc5cc(-c6ccc(-c7cn8ccc9ccccc9c8n7)cc6)ccc5c4)c4cccc-3c24)cc1. The van der Waals surface area contributed by atoms with Gasteiger partial charge in [0.2, 0.25) is 0 Å². The van der Waals surface area contributed by atoms with E-state index in [0.29, 0.717) is 0 Å². The molecule has 2 nitrogen and oxygen atoms in total. The lowest BCUT2D eigenvalue weighted by Crippen LogP contribution is -1.93. The minimum Gasteiger partial charge on any atom is -0.306 e. The maximum atomic E-state index is 5.04. The van der Waals surface area contributed by atoms with Crippen molar-refractivity contribution >= 4 is 48.7 Å². The molecule has 0 spiro atoms. The first-order valence-electron chi connectivity index (χ1n) is 21.0. The summed E-state index contributed by atoms with van der Waals surface area (Å²) in [5, 5.41) is 9.98. The monoisotopic (exact) mass is 772 g/mol. The molecule has 282 valence electrons. The standard InChI is InChI=1S/C59H36N2/c1-3-13-40(14-4-1)54-49-18-9-10-19-50(49)55(41-15-5-2-6-16-41)58-52-31-30-46(48-20-11-21-51(56(48)52)57(54)58)45-29-28-43-34-42(26-27-44(43)35-45)37-22-24-39(25-23-37)53-36-61-33-32-38-12-7-8-17-47(38)59(61)60-53/h1-36H.